The minimum absolute atomic E-state index is 0. The van der Waals surface area contributed by atoms with Crippen LogP contribution in [0.1, 0.15) is 122 Å². The Morgan fingerprint density at radius 1 is 0.673 bits per heavy atom. The third kappa shape index (κ3) is 8.45. The molecule has 52 heavy (non-hydrogen) atoms. The molecule has 0 aromatic heterocycles. The van der Waals surface area contributed by atoms with Gasteiger partial charge in [-0.1, -0.05) is 112 Å². The quantitative estimate of drug-likeness (QED) is 0.139. The van der Waals surface area contributed by atoms with Crippen molar-refractivity contribution in [3.8, 4) is 0 Å². The van der Waals surface area contributed by atoms with Crippen LogP contribution in [0.4, 0.5) is 11.4 Å². The third-order valence-electron chi connectivity index (χ3n) is 12.2. The molecule has 1 saturated heterocycles. The van der Waals surface area contributed by atoms with Crippen LogP contribution >= 0.6 is 31.1 Å². The number of anilines is 2. The summed E-state index contributed by atoms with van der Waals surface area (Å²) < 4.78 is -0.767. The van der Waals surface area contributed by atoms with Gasteiger partial charge in [0.1, 0.15) is 10.2 Å². The third-order valence-corrected chi connectivity index (χ3v) is 16.9. The molecule has 4 aliphatic rings. The predicted octanol–water partition coefficient (Wildman–Crippen LogP) is 14.0. The van der Waals surface area contributed by atoms with Gasteiger partial charge in [0.2, 0.25) is 0 Å². The van der Waals surface area contributed by atoms with E-state index in [1.165, 1.54) is 132 Å². The largest absolute Gasteiger partial charge is 0.321 e. The Labute approximate surface area is 339 Å². The second-order valence-corrected chi connectivity index (χ2v) is 21.0. The molecule has 1 atom stereocenters. The topological polar surface area (TPSA) is 6.48 Å². The first-order valence-electron chi connectivity index (χ1n) is 19.9. The number of benzene rings is 3. The number of halogens is 2. The number of hydrogen-bond acceptors (Lipinski definition) is 2. The molecule has 0 spiro atoms. The number of alkyl halides is 2. The molecule has 4 fully saturated rings. The van der Waals surface area contributed by atoms with Gasteiger partial charge in [-0.25, -0.2) is 0 Å². The van der Waals surface area contributed by atoms with E-state index in [0.29, 0.717) is 5.66 Å². The molecule has 280 valence electrons. The normalized spacial score (nSPS) is 23.8. The minimum Gasteiger partial charge on any atom is -0.321 e. The summed E-state index contributed by atoms with van der Waals surface area (Å²) in [5, 5.41) is 0. The monoisotopic (exact) mass is 842 g/mol. The summed E-state index contributed by atoms with van der Waals surface area (Å²) in [6, 6.07) is 20.4. The van der Waals surface area contributed by atoms with Crippen molar-refractivity contribution in [2.75, 3.05) is 16.3 Å². The van der Waals surface area contributed by atoms with Crippen LogP contribution in [0.25, 0.3) is 6.08 Å². The molecule has 1 unspecified atom stereocenters. The summed E-state index contributed by atoms with van der Waals surface area (Å²) in [6.45, 7) is 14.5. The molecule has 6 heteroatoms. The number of allylic oxidation sites excluding steroid dienone is 1. The van der Waals surface area contributed by atoms with E-state index in [1.807, 2.05) is 0 Å². The van der Waals surface area contributed by atoms with Crippen LogP contribution in [-0.2, 0) is 19.5 Å². The van der Waals surface area contributed by atoms with Gasteiger partial charge in [0.15, 0.2) is 0 Å². The van der Waals surface area contributed by atoms with Gasteiger partial charge in [-0.15, -0.1) is 23.2 Å². The van der Waals surface area contributed by atoms with Gasteiger partial charge >= 0.3 is 0 Å². The fraction of sp³-hybridized carbons (Fsp3) is 0.522. The Bertz CT molecular complexity index is 1720. The van der Waals surface area contributed by atoms with E-state index in [2.05, 4.69) is 112 Å². The molecule has 3 saturated carbocycles. The van der Waals surface area contributed by atoms with E-state index >= 15 is 0 Å². The number of rotatable bonds is 6. The summed E-state index contributed by atoms with van der Waals surface area (Å²) in [7, 11) is -0.239. The van der Waals surface area contributed by atoms with E-state index < -0.39 is 4.33 Å². The smallest absolute Gasteiger partial charge is 0.122 e. The van der Waals surface area contributed by atoms with E-state index in [9.17, 15) is 0 Å². The van der Waals surface area contributed by atoms with Crippen LogP contribution in [0.2, 0.25) is 0 Å². The molecule has 1 heterocycles. The second kappa shape index (κ2) is 17.0. The average molecular weight is 843 g/mol. The molecule has 0 bridgehead atoms. The molecule has 7 rings (SSSR count). The summed E-state index contributed by atoms with van der Waals surface area (Å²) in [5.74, 6) is 1.34. The van der Waals surface area contributed by atoms with Gasteiger partial charge in [-0.05, 0) is 131 Å². The molecule has 3 aliphatic carbocycles. The zero-order valence-electron chi connectivity index (χ0n) is 32.4. The van der Waals surface area contributed by atoms with Crippen molar-refractivity contribution in [1.29, 1.82) is 0 Å². The molecule has 3 aromatic carbocycles. The Morgan fingerprint density at radius 3 is 1.69 bits per heavy atom. The predicted molar refractivity (Wildman–Crippen MR) is 225 cm³/mol. The minimum atomic E-state index is -0.767. The second-order valence-electron chi connectivity index (χ2n) is 16.4. The van der Waals surface area contributed by atoms with E-state index in [4.69, 9.17) is 23.2 Å². The molecule has 0 N–H and O–H groups in total. The van der Waals surface area contributed by atoms with E-state index in [-0.39, 0.29) is 27.4 Å². The number of hydrogen-bond donors (Lipinski definition) is 0. The van der Waals surface area contributed by atoms with Crippen molar-refractivity contribution < 1.29 is 19.5 Å². The van der Waals surface area contributed by atoms with E-state index in [0.717, 1.165) is 37.1 Å². The zero-order valence-corrected chi connectivity index (χ0v) is 36.5. The van der Waals surface area contributed by atoms with Crippen LogP contribution < -0.4 is 9.80 Å². The maximum atomic E-state index is 7.39. The van der Waals surface area contributed by atoms with Gasteiger partial charge in [0.05, 0.1) is 12.2 Å². The summed E-state index contributed by atoms with van der Waals surface area (Å²) in [5.41, 5.74) is 16.9. The number of aryl methyl sites for hydroxylation is 6. The Balaban J connectivity index is 0.00000464. The zero-order chi connectivity index (χ0) is 35.9. The first-order chi connectivity index (χ1) is 24.5. The van der Waals surface area contributed by atoms with Crippen molar-refractivity contribution in [2.45, 2.75) is 146 Å². The standard InChI is InChI=1S/C46H59Cl2N2P.Ru/c1-31-24-33(3)43(34(4)25-31)49-30-38(28-37-16-10-7-11-17-37)50(44-35(5)26-32(2)27-36(44)6)45(49)41-29-46(47,48)23-22-42(41)51(39-18-12-8-13-19-39)40-20-14-9-15-21-40;/h7,10-11,16-17,24-28,39-40,42H,8-9,12-15,18-23,29-30H2,1-6H3;. The first-order valence-corrected chi connectivity index (χ1v) is 22.2. The van der Waals surface area contributed by atoms with Gasteiger partial charge in [0.25, 0.3) is 0 Å². The molecule has 0 amide bonds. The maximum Gasteiger partial charge on any atom is 0.122 e. The Kier molecular flexibility index (Phi) is 13.1. The summed E-state index contributed by atoms with van der Waals surface area (Å²) in [6.07, 6.45) is 19.2. The van der Waals surface area contributed by atoms with Gasteiger partial charge in [-0.3, -0.25) is 4.90 Å². The summed E-state index contributed by atoms with van der Waals surface area (Å²) in [4.78, 5) is 5.38. The van der Waals surface area contributed by atoms with Crippen LogP contribution in [0.3, 0.4) is 0 Å². The van der Waals surface area contributed by atoms with Crippen molar-refractivity contribution in [3.63, 3.8) is 0 Å². The van der Waals surface area contributed by atoms with E-state index in [1.54, 1.807) is 0 Å². The maximum absolute atomic E-state index is 7.39. The fourth-order valence-corrected chi connectivity index (χ4v) is 15.5. The molecular formula is C46H59Cl2N2PRu. The van der Waals surface area contributed by atoms with Gasteiger partial charge in [0, 0.05) is 42.9 Å². The van der Waals surface area contributed by atoms with Gasteiger partial charge < -0.3 is 4.90 Å². The van der Waals surface area contributed by atoms with Crippen molar-refractivity contribution in [2.24, 2.45) is 0 Å². The van der Waals surface area contributed by atoms with Crippen LogP contribution in [0.5, 0.6) is 0 Å². The Morgan fingerprint density at radius 2 is 1.17 bits per heavy atom. The van der Waals surface area contributed by atoms with Crippen molar-refractivity contribution in [1.82, 2.24) is 0 Å². The molecule has 1 aliphatic heterocycles. The van der Waals surface area contributed by atoms with Crippen molar-refractivity contribution >= 4 is 48.6 Å². The fourth-order valence-electron chi connectivity index (χ4n) is 10.4. The number of nitrogens with zero attached hydrogens (tertiary/aromatic N) is 2. The van der Waals surface area contributed by atoms with Crippen LogP contribution in [-0.4, -0.2) is 27.9 Å². The molecule has 0 radical (unpaired) electrons. The van der Waals surface area contributed by atoms with Gasteiger partial charge in [-0.2, -0.15) is 0 Å². The Hall–Kier alpha value is -1.63. The van der Waals surface area contributed by atoms with Crippen LogP contribution in [0.15, 0.2) is 71.7 Å². The SMILES string of the molecule is Cc1cc(C)c(N2CC(=Cc3ccccc3)N(c3c(C)cc(C)cc3C)C2=C2CC(Cl)(Cl)CCC2P(C2CCCCC2)C2CCCCC2)c(C)c1.[Ru]. The molecule has 2 nitrogen and oxygen atoms in total. The van der Waals surface area contributed by atoms with Crippen molar-refractivity contribution in [3.05, 3.63) is 111 Å². The summed E-state index contributed by atoms with van der Waals surface area (Å²) >= 11 is 14.8. The average Bonchev–Trinajstić information content (AvgIpc) is 3.43. The molecule has 3 aromatic rings. The first kappa shape index (κ1) is 40.0. The molecular weight excluding hydrogens is 783 g/mol. The van der Waals surface area contributed by atoms with Crippen LogP contribution in [0, 0.1) is 41.5 Å².